The van der Waals surface area contributed by atoms with Gasteiger partial charge in [0, 0.05) is 18.0 Å². The van der Waals surface area contributed by atoms with E-state index in [1.54, 1.807) is 16.5 Å². The largest absolute Gasteiger partial charge is 0.465 e. The number of aryl methyl sites for hydroxylation is 1. The van der Waals surface area contributed by atoms with E-state index < -0.39 is 29.1 Å². The topological polar surface area (TPSA) is 72.7 Å². The molecule has 8 heteroatoms. The van der Waals surface area contributed by atoms with Gasteiger partial charge >= 0.3 is 5.97 Å². The number of rotatable bonds is 3. The van der Waals surface area contributed by atoms with Gasteiger partial charge in [-0.3, -0.25) is 4.79 Å². The number of pyridine rings is 1. The second kappa shape index (κ2) is 6.31. The number of imidazole rings is 1. The van der Waals surface area contributed by atoms with Gasteiger partial charge in [-0.15, -0.1) is 0 Å². The van der Waals surface area contributed by atoms with Crippen molar-refractivity contribution in [1.29, 1.82) is 0 Å². The Balaban J connectivity index is 1.94. The number of ether oxygens (including phenoxy) is 1. The monoisotopic (exact) mass is 345 g/mol. The first-order valence-electron chi connectivity index (χ1n) is 7.24. The maximum atomic E-state index is 13.9. The van der Waals surface area contributed by atoms with Gasteiger partial charge in [0.25, 0.3) is 5.91 Å². The van der Waals surface area contributed by atoms with Gasteiger partial charge in [-0.2, -0.15) is 0 Å². The van der Waals surface area contributed by atoms with Crippen molar-refractivity contribution in [2.75, 3.05) is 12.4 Å². The highest BCUT2D eigenvalue weighted by atomic mass is 19.1. The highest BCUT2D eigenvalue weighted by molar-refractivity contribution is 6.04. The van der Waals surface area contributed by atoms with E-state index in [1.165, 1.54) is 6.20 Å². The number of nitrogens with one attached hydrogen (secondary N) is 1. The molecule has 0 aliphatic heterocycles. The van der Waals surface area contributed by atoms with E-state index in [1.807, 2.05) is 13.0 Å². The maximum Gasteiger partial charge on any atom is 0.340 e. The van der Waals surface area contributed by atoms with Crippen LogP contribution in [0.1, 0.15) is 26.5 Å². The van der Waals surface area contributed by atoms with Crippen molar-refractivity contribution >= 4 is 23.2 Å². The van der Waals surface area contributed by atoms with Crippen LogP contribution in [-0.4, -0.2) is 28.4 Å². The summed E-state index contributed by atoms with van der Waals surface area (Å²) in [6, 6.07) is 6.75. The van der Waals surface area contributed by atoms with Gasteiger partial charge in [-0.25, -0.2) is 18.6 Å². The number of anilines is 1. The van der Waals surface area contributed by atoms with Crippen LogP contribution >= 0.6 is 0 Å². The number of carbonyl (C=O) groups excluding carboxylic acids is 2. The summed E-state index contributed by atoms with van der Waals surface area (Å²) >= 11 is 0. The molecule has 128 valence electrons. The van der Waals surface area contributed by atoms with Crippen molar-refractivity contribution in [2.24, 2.45) is 0 Å². The average molecular weight is 345 g/mol. The Labute approximate surface area is 141 Å². The lowest BCUT2D eigenvalue weighted by Crippen LogP contribution is -2.15. The second-order valence-corrected chi connectivity index (χ2v) is 5.28. The van der Waals surface area contributed by atoms with Crippen molar-refractivity contribution < 1.29 is 23.1 Å². The summed E-state index contributed by atoms with van der Waals surface area (Å²) in [6.07, 6.45) is 1.50. The molecule has 0 bridgehead atoms. The number of fused-ring (bicyclic) bond motifs is 1. The van der Waals surface area contributed by atoms with E-state index in [4.69, 9.17) is 0 Å². The minimum Gasteiger partial charge on any atom is -0.465 e. The lowest BCUT2D eigenvalue weighted by atomic mass is 10.1. The Morgan fingerprint density at radius 1 is 1.20 bits per heavy atom. The van der Waals surface area contributed by atoms with E-state index in [2.05, 4.69) is 15.0 Å². The zero-order valence-electron chi connectivity index (χ0n) is 13.3. The number of benzene rings is 1. The molecule has 1 aromatic carbocycles. The normalized spacial score (nSPS) is 10.7. The first-order chi connectivity index (χ1) is 11.9. The first kappa shape index (κ1) is 16.6. The summed E-state index contributed by atoms with van der Waals surface area (Å²) in [5.41, 5.74) is 0.647. The molecule has 0 aliphatic carbocycles. The van der Waals surface area contributed by atoms with Crippen LogP contribution in [0.2, 0.25) is 0 Å². The molecule has 25 heavy (non-hydrogen) atoms. The number of esters is 1. The number of carbonyl (C=O) groups is 2. The first-order valence-corrected chi connectivity index (χ1v) is 7.24. The third kappa shape index (κ3) is 3.06. The van der Waals surface area contributed by atoms with Gasteiger partial charge in [0.1, 0.15) is 23.0 Å². The van der Waals surface area contributed by atoms with E-state index >= 15 is 0 Å². The Morgan fingerprint density at radius 2 is 1.96 bits per heavy atom. The molecule has 0 spiro atoms. The highest BCUT2D eigenvalue weighted by Crippen LogP contribution is 2.21. The molecule has 1 amide bonds. The van der Waals surface area contributed by atoms with Crippen LogP contribution in [0, 0.1) is 18.6 Å². The molecule has 1 N–H and O–H groups in total. The van der Waals surface area contributed by atoms with Gasteiger partial charge in [0.05, 0.1) is 18.4 Å². The van der Waals surface area contributed by atoms with Crippen LogP contribution in [0.15, 0.2) is 36.5 Å². The van der Waals surface area contributed by atoms with Gasteiger partial charge in [-0.1, -0.05) is 6.07 Å². The fourth-order valence-electron chi connectivity index (χ4n) is 2.36. The van der Waals surface area contributed by atoms with Gasteiger partial charge in [0.2, 0.25) is 0 Å². The van der Waals surface area contributed by atoms with Gasteiger partial charge in [-0.05, 0) is 25.1 Å². The standard InChI is InChI=1S/C17H13F2N3O3/c1-9-4-3-5-15-20-14(8-22(9)15)16(23)21-13-6-10(17(24)25-2)11(18)7-12(13)19/h3-8H,1-2H3,(H,21,23). The highest BCUT2D eigenvalue weighted by Gasteiger charge is 2.19. The third-order valence-corrected chi connectivity index (χ3v) is 3.64. The summed E-state index contributed by atoms with van der Waals surface area (Å²) in [5, 5.41) is 2.29. The van der Waals surface area contributed by atoms with Crippen molar-refractivity contribution in [3.63, 3.8) is 0 Å². The zero-order chi connectivity index (χ0) is 18.1. The van der Waals surface area contributed by atoms with Crippen LogP contribution in [0.3, 0.4) is 0 Å². The third-order valence-electron chi connectivity index (χ3n) is 3.64. The lowest BCUT2D eigenvalue weighted by Gasteiger charge is -2.08. The molecule has 3 rings (SSSR count). The number of hydrogen-bond donors (Lipinski definition) is 1. The van der Waals surface area contributed by atoms with Crippen molar-refractivity contribution in [1.82, 2.24) is 9.38 Å². The number of aromatic nitrogens is 2. The Morgan fingerprint density at radius 3 is 2.64 bits per heavy atom. The van der Waals surface area contributed by atoms with Gasteiger partial charge < -0.3 is 14.5 Å². The number of nitrogens with zero attached hydrogens (tertiary/aromatic N) is 2. The Bertz CT molecular complexity index is 998. The number of hydrogen-bond acceptors (Lipinski definition) is 4. The molecular formula is C17H13F2N3O3. The minimum absolute atomic E-state index is 0.0534. The molecule has 0 saturated heterocycles. The van der Waals surface area contributed by atoms with Crippen LogP contribution in [0.25, 0.3) is 5.65 Å². The molecule has 3 aromatic rings. The molecule has 0 atom stereocenters. The summed E-state index contributed by atoms with van der Waals surface area (Å²) in [5.74, 6) is -3.76. The fraction of sp³-hybridized carbons (Fsp3) is 0.118. The lowest BCUT2D eigenvalue weighted by molar-refractivity contribution is 0.0595. The SMILES string of the molecule is COC(=O)c1cc(NC(=O)c2cn3c(C)cccc3n2)c(F)cc1F. The predicted molar refractivity (Wildman–Crippen MR) is 85.6 cm³/mol. The zero-order valence-corrected chi connectivity index (χ0v) is 13.3. The summed E-state index contributed by atoms with van der Waals surface area (Å²) in [4.78, 5) is 28.0. The molecule has 0 unspecified atom stereocenters. The minimum atomic E-state index is -1.08. The van der Waals surface area contributed by atoms with Crippen LogP contribution in [-0.2, 0) is 4.74 Å². The molecule has 6 nitrogen and oxygen atoms in total. The molecule has 0 aliphatic rings. The quantitative estimate of drug-likeness (QED) is 0.741. The molecule has 0 fully saturated rings. The van der Waals surface area contributed by atoms with E-state index in [-0.39, 0.29) is 11.4 Å². The van der Waals surface area contributed by atoms with Crippen LogP contribution < -0.4 is 5.32 Å². The van der Waals surface area contributed by atoms with Crippen molar-refractivity contribution in [3.8, 4) is 0 Å². The van der Waals surface area contributed by atoms with E-state index in [9.17, 15) is 18.4 Å². The summed E-state index contributed by atoms with van der Waals surface area (Å²) in [7, 11) is 1.07. The smallest absolute Gasteiger partial charge is 0.340 e. The number of methoxy groups -OCH3 is 1. The van der Waals surface area contributed by atoms with Crippen LogP contribution in [0.5, 0.6) is 0 Å². The number of halogens is 2. The van der Waals surface area contributed by atoms with Crippen LogP contribution in [0.4, 0.5) is 14.5 Å². The molecule has 2 heterocycles. The summed E-state index contributed by atoms with van der Waals surface area (Å²) < 4.78 is 33.7. The van der Waals surface area contributed by atoms with E-state index in [0.29, 0.717) is 11.7 Å². The molecule has 0 radical (unpaired) electrons. The Kier molecular flexibility index (Phi) is 4.18. The Hall–Kier alpha value is -3.29. The van der Waals surface area contributed by atoms with Gasteiger partial charge in [0.15, 0.2) is 0 Å². The average Bonchev–Trinajstić information content (AvgIpc) is 3.02. The van der Waals surface area contributed by atoms with Crippen molar-refractivity contribution in [3.05, 3.63) is 65.1 Å². The van der Waals surface area contributed by atoms with Crippen molar-refractivity contribution in [2.45, 2.75) is 6.92 Å². The molecule has 2 aromatic heterocycles. The predicted octanol–water partition coefficient (Wildman–Crippen LogP) is 2.96. The summed E-state index contributed by atoms with van der Waals surface area (Å²) in [6.45, 7) is 1.85. The number of amides is 1. The molecular weight excluding hydrogens is 332 g/mol. The molecule has 0 saturated carbocycles. The second-order valence-electron chi connectivity index (χ2n) is 5.28. The van der Waals surface area contributed by atoms with E-state index in [0.717, 1.165) is 18.9 Å². The maximum absolute atomic E-state index is 13.9. The fourth-order valence-corrected chi connectivity index (χ4v) is 2.36.